The van der Waals surface area contributed by atoms with Gasteiger partial charge in [-0.15, -0.1) is 0 Å². The lowest BCUT2D eigenvalue weighted by atomic mass is 9.99. The van der Waals surface area contributed by atoms with Gasteiger partial charge in [0.1, 0.15) is 0 Å². The predicted molar refractivity (Wildman–Crippen MR) is 79.3 cm³/mol. The largest absolute Gasteiger partial charge is 0.396 e. The van der Waals surface area contributed by atoms with Gasteiger partial charge in [0, 0.05) is 38.8 Å². The number of aliphatic hydroxyl groups excluding tert-OH is 1. The lowest BCUT2D eigenvalue weighted by molar-refractivity contribution is 0.141. The van der Waals surface area contributed by atoms with Crippen LogP contribution in [0.3, 0.4) is 0 Å². The Kier molecular flexibility index (Phi) is 5.83. The van der Waals surface area contributed by atoms with Gasteiger partial charge in [-0.1, -0.05) is 37.6 Å². The SMILES string of the molecule is CCCc1ccc(C(CCO)N2CCNCC2)cc1. The minimum atomic E-state index is 0.255. The number of nitrogens with zero attached hydrogens (tertiary/aromatic N) is 1. The average molecular weight is 262 g/mol. The van der Waals surface area contributed by atoms with Crippen molar-refractivity contribution in [3.63, 3.8) is 0 Å². The van der Waals surface area contributed by atoms with Crippen molar-refractivity contribution in [2.75, 3.05) is 32.8 Å². The normalized spacial score (nSPS) is 18.4. The van der Waals surface area contributed by atoms with E-state index in [1.807, 2.05) is 0 Å². The maximum Gasteiger partial charge on any atom is 0.0449 e. The van der Waals surface area contributed by atoms with Crippen molar-refractivity contribution in [2.45, 2.75) is 32.2 Å². The minimum Gasteiger partial charge on any atom is -0.396 e. The molecule has 0 bridgehead atoms. The standard InChI is InChI=1S/C16H26N2O/c1-2-3-14-4-6-15(7-5-14)16(8-13-19)18-11-9-17-10-12-18/h4-7,16-17,19H,2-3,8-13H2,1H3. The number of benzene rings is 1. The first kappa shape index (κ1) is 14.5. The molecule has 0 aromatic heterocycles. The van der Waals surface area contributed by atoms with Crippen molar-refractivity contribution in [1.82, 2.24) is 10.2 Å². The highest BCUT2D eigenvalue weighted by Crippen LogP contribution is 2.25. The topological polar surface area (TPSA) is 35.5 Å². The maximum absolute atomic E-state index is 9.33. The maximum atomic E-state index is 9.33. The molecule has 0 spiro atoms. The molecular weight excluding hydrogens is 236 g/mol. The number of hydrogen-bond donors (Lipinski definition) is 2. The van der Waals surface area contributed by atoms with E-state index in [0.717, 1.165) is 39.0 Å². The zero-order valence-electron chi connectivity index (χ0n) is 11.9. The Morgan fingerprint density at radius 1 is 1.21 bits per heavy atom. The van der Waals surface area contributed by atoms with Crippen molar-refractivity contribution < 1.29 is 5.11 Å². The molecule has 2 rings (SSSR count). The van der Waals surface area contributed by atoms with Gasteiger partial charge in [-0.3, -0.25) is 4.90 Å². The average Bonchev–Trinajstić information content (AvgIpc) is 2.47. The highest BCUT2D eigenvalue weighted by molar-refractivity contribution is 5.25. The molecule has 0 saturated carbocycles. The summed E-state index contributed by atoms with van der Waals surface area (Å²) in [6.45, 7) is 6.71. The van der Waals surface area contributed by atoms with Crippen LogP contribution in [-0.4, -0.2) is 42.8 Å². The van der Waals surface area contributed by atoms with E-state index in [4.69, 9.17) is 0 Å². The number of rotatable bonds is 6. The van der Waals surface area contributed by atoms with Crippen LogP contribution in [0.4, 0.5) is 0 Å². The number of piperazine rings is 1. The monoisotopic (exact) mass is 262 g/mol. The summed E-state index contributed by atoms with van der Waals surface area (Å²) in [5.41, 5.74) is 2.75. The summed E-state index contributed by atoms with van der Waals surface area (Å²) in [6.07, 6.45) is 3.17. The molecule has 1 unspecified atom stereocenters. The van der Waals surface area contributed by atoms with Crippen molar-refractivity contribution in [3.8, 4) is 0 Å². The summed E-state index contributed by atoms with van der Waals surface area (Å²) in [7, 11) is 0. The number of hydrogen-bond acceptors (Lipinski definition) is 3. The number of aryl methyl sites for hydroxylation is 1. The molecule has 1 heterocycles. The summed E-state index contributed by atoms with van der Waals surface area (Å²) < 4.78 is 0. The summed E-state index contributed by atoms with van der Waals surface area (Å²) >= 11 is 0. The molecule has 1 aliphatic heterocycles. The summed E-state index contributed by atoms with van der Waals surface area (Å²) in [5.74, 6) is 0. The highest BCUT2D eigenvalue weighted by atomic mass is 16.3. The molecule has 1 aliphatic rings. The van der Waals surface area contributed by atoms with Gasteiger partial charge in [-0.25, -0.2) is 0 Å². The van der Waals surface area contributed by atoms with Gasteiger partial charge in [0.25, 0.3) is 0 Å². The van der Waals surface area contributed by atoms with Crippen LogP contribution in [0.5, 0.6) is 0 Å². The second-order valence-electron chi connectivity index (χ2n) is 5.31. The summed E-state index contributed by atoms with van der Waals surface area (Å²) in [5, 5.41) is 12.7. The zero-order chi connectivity index (χ0) is 13.5. The van der Waals surface area contributed by atoms with Gasteiger partial charge >= 0.3 is 0 Å². The first-order valence-corrected chi connectivity index (χ1v) is 7.49. The molecule has 1 fully saturated rings. The molecule has 19 heavy (non-hydrogen) atoms. The molecule has 3 nitrogen and oxygen atoms in total. The highest BCUT2D eigenvalue weighted by Gasteiger charge is 2.21. The predicted octanol–water partition coefficient (Wildman–Crippen LogP) is 1.97. The van der Waals surface area contributed by atoms with Gasteiger partial charge in [-0.05, 0) is 24.0 Å². The molecule has 1 atom stereocenters. The lowest BCUT2D eigenvalue weighted by Gasteiger charge is -2.35. The Hall–Kier alpha value is -0.900. The number of aliphatic hydroxyl groups is 1. The van der Waals surface area contributed by atoms with E-state index in [0.29, 0.717) is 6.04 Å². The second kappa shape index (κ2) is 7.63. The summed E-state index contributed by atoms with van der Waals surface area (Å²) in [6, 6.07) is 9.33. The van der Waals surface area contributed by atoms with Crippen LogP contribution in [0.15, 0.2) is 24.3 Å². The molecule has 2 N–H and O–H groups in total. The van der Waals surface area contributed by atoms with Gasteiger partial charge in [0.2, 0.25) is 0 Å². The van der Waals surface area contributed by atoms with E-state index >= 15 is 0 Å². The third kappa shape index (κ3) is 4.03. The molecule has 1 saturated heterocycles. The fourth-order valence-electron chi connectivity index (χ4n) is 2.87. The van der Waals surface area contributed by atoms with E-state index in [1.54, 1.807) is 0 Å². The second-order valence-corrected chi connectivity index (χ2v) is 5.31. The molecular formula is C16H26N2O. The molecule has 0 aliphatic carbocycles. The Morgan fingerprint density at radius 2 is 1.89 bits per heavy atom. The van der Waals surface area contributed by atoms with Gasteiger partial charge in [0.15, 0.2) is 0 Å². The smallest absolute Gasteiger partial charge is 0.0449 e. The van der Waals surface area contributed by atoms with Crippen LogP contribution in [0.1, 0.15) is 36.9 Å². The van der Waals surface area contributed by atoms with Gasteiger partial charge in [-0.2, -0.15) is 0 Å². The van der Waals surface area contributed by atoms with E-state index in [9.17, 15) is 5.11 Å². The minimum absolute atomic E-state index is 0.255. The van der Waals surface area contributed by atoms with Crippen LogP contribution in [0.25, 0.3) is 0 Å². The third-order valence-corrected chi connectivity index (χ3v) is 3.90. The van der Waals surface area contributed by atoms with Crippen LogP contribution in [0, 0.1) is 0 Å². The van der Waals surface area contributed by atoms with Crippen LogP contribution < -0.4 is 5.32 Å². The lowest BCUT2D eigenvalue weighted by Crippen LogP contribution is -2.45. The molecule has 3 heteroatoms. The fraction of sp³-hybridized carbons (Fsp3) is 0.625. The Labute approximate surface area is 116 Å². The van der Waals surface area contributed by atoms with E-state index in [1.165, 1.54) is 17.5 Å². The van der Waals surface area contributed by atoms with E-state index in [-0.39, 0.29) is 6.61 Å². The van der Waals surface area contributed by atoms with Crippen molar-refractivity contribution >= 4 is 0 Å². The van der Waals surface area contributed by atoms with Crippen LogP contribution in [0.2, 0.25) is 0 Å². The fourth-order valence-corrected chi connectivity index (χ4v) is 2.87. The van der Waals surface area contributed by atoms with Gasteiger partial charge < -0.3 is 10.4 Å². The molecule has 106 valence electrons. The Balaban J connectivity index is 2.08. The molecule has 0 radical (unpaired) electrons. The van der Waals surface area contributed by atoms with E-state index < -0.39 is 0 Å². The zero-order valence-corrected chi connectivity index (χ0v) is 11.9. The van der Waals surface area contributed by atoms with Crippen molar-refractivity contribution in [3.05, 3.63) is 35.4 Å². The van der Waals surface area contributed by atoms with Crippen molar-refractivity contribution in [1.29, 1.82) is 0 Å². The molecule has 1 aromatic rings. The Morgan fingerprint density at radius 3 is 2.47 bits per heavy atom. The first-order chi connectivity index (χ1) is 9.35. The van der Waals surface area contributed by atoms with Crippen LogP contribution >= 0.6 is 0 Å². The van der Waals surface area contributed by atoms with Crippen LogP contribution in [-0.2, 0) is 6.42 Å². The molecule has 1 aromatic carbocycles. The summed E-state index contributed by atoms with van der Waals surface area (Å²) in [4.78, 5) is 2.49. The third-order valence-electron chi connectivity index (χ3n) is 3.90. The van der Waals surface area contributed by atoms with Gasteiger partial charge in [0.05, 0.1) is 0 Å². The number of nitrogens with one attached hydrogen (secondary N) is 1. The van der Waals surface area contributed by atoms with E-state index in [2.05, 4.69) is 41.4 Å². The Bertz CT molecular complexity index is 358. The quantitative estimate of drug-likeness (QED) is 0.823. The molecule has 0 amide bonds. The first-order valence-electron chi connectivity index (χ1n) is 7.49. The van der Waals surface area contributed by atoms with Crippen molar-refractivity contribution in [2.24, 2.45) is 0 Å².